The quantitative estimate of drug-likeness (QED) is 0.867. The first kappa shape index (κ1) is 19.7. The molecular weight excluding hydrogens is 330 g/mol. The van der Waals surface area contributed by atoms with E-state index in [0.717, 1.165) is 0 Å². The summed E-state index contributed by atoms with van der Waals surface area (Å²) in [6, 6.07) is 10.3. The van der Waals surface area contributed by atoms with Gasteiger partial charge in [0.15, 0.2) is 5.76 Å². The second-order valence-corrected chi connectivity index (χ2v) is 5.19. The van der Waals surface area contributed by atoms with Crippen molar-refractivity contribution < 1.29 is 14.0 Å². The molecule has 0 fully saturated rings. The number of likely N-dealkylation sites (N-methyl/N-ethyl adjacent to an activating group) is 2. The van der Waals surface area contributed by atoms with Gasteiger partial charge < -0.3 is 19.5 Å². The van der Waals surface area contributed by atoms with Gasteiger partial charge in [-0.25, -0.2) is 0 Å². The van der Waals surface area contributed by atoms with Crippen LogP contribution in [0.15, 0.2) is 47.1 Å². The van der Waals surface area contributed by atoms with Crippen LogP contribution in [-0.2, 0) is 0 Å². The average Bonchev–Trinajstić information content (AvgIpc) is 3.12. The van der Waals surface area contributed by atoms with Gasteiger partial charge in [-0.05, 0) is 31.3 Å². The molecule has 0 saturated carbocycles. The van der Waals surface area contributed by atoms with E-state index in [1.807, 2.05) is 7.05 Å². The minimum absolute atomic E-state index is 0. The highest BCUT2D eigenvalue weighted by Gasteiger charge is 2.22. The van der Waals surface area contributed by atoms with Crippen molar-refractivity contribution in [3.8, 4) is 0 Å². The van der Waals surface area contributed by atoms with E-state index in [-0.39, 0.29) is 30.0 Å². The van der Waals surface area contributed by atoms with Crippen molar-refractivity contribution in [1.29, 1.82) is 0 Å². The van der Waals surface area contributed by atoms with E-state index in [4.69, 9.17) is 4.42 Å². The number of carbonyl (C=O) groups is 2. The number of halogens is 1. The molecule has 2 amide bonds. The second-order valence-electron chi connectivity index (χ2n) is 5.19. The van der Waals surface area contributed by atoms with Gasteiger partial charge in [-0.3, -0.25) is 9.59 Å². The monoisotopic (exact) mass is 351 g/mol. The van der Waals surface area contributed by atoms with Gasteiger partial charge in [0.2, 0.25) is 0 Å². The number of hydrogen-bond acceptors (Lipinski definition) is 4. The van der Waals surface area contributed by atoms with Crippen LogP contribution in [0.2, 0.25) is 0 Å². The molecular formula is C17H22ClN3O3. The first-order valence-electron chi connectivity index (χ1n) is 7.37. The van der Waals surface area contributed by atoms with Gasteiger partial charge in [-0.1, -0.05) is 12.1 Å². The van der Waals surface area contributed by atoms with Gasteiger partial charge in [-0.2, -0.15) is 0 Å². The van der Waals surface area contributed by atoms with Crippen molar-refractivity contribution in [2.45, 2.75) is 0 Å². The van der Waals surface area contributed by atoms with E-state index in [1.54, 1.807) is 55.4 Å². The Morgan fingerprint density at radius 2 is 1.79 bits per heavy atom. The lowest BCUT2D eigenvalue weighted by Gasteiger charge is -2.23. The van der Waals surface area contributed by atoms with E-state index < -0.39 is 0 Å². The van der Waals surface area contributed by atoms with Crippen LogP contribution in [-0.4, -0.2) is 50.9 Å². The van der Waals surface area contributed by atoms with E-state index in [1.165, 1.54) is 11.2 Å². The molecule has 2 rings (SSSR count). The molecule has 0 saturated heterocycles. The zero-order valence-corrected chi connectivity index (χ0v) is 14.8. The van der Waals surface area contributed by atoms with Gasteiger partial charge in [0, 0.05) is 27.2 Å². The molecule has 0 radical (unpaired) electrons. The van der Waals surface area contributed by atoms with Crippen molar-refractivity contribution in [3.63, 3.8) is 0 Å². The summed E-state index contributed by atoms with van der Waals surface area (Å²) in [4.78, 5) is 28.1. The molecule has 0 aliphatic heterocycles. The number of benzene rings is 1. The van der Waals surface area contributed by atoms with Gasteiger partial charge >= 0.3 is 0 Å². The van der Waals surface area contributed by atoms with Gasteiger partial charge in [0.1, 0.15) is 0 Å². The van der Waals surface area contributed by atoms with E-state index in [2.05, 4.69) is 5.32 Å². The Labute approximate surface area is 147 Å². The van der Waals surface area contributed by atoms with Gasteiger partial charge in [0.05, 0.1) is 17.5 Å². The topological polar surface area (TPSA) is 65.8 Å². The summed E-state index contributed by atoms with van der Waals surface area (Å²) in [5.41, 5.74) is 1.03. The molecule has 0 spiro atoms. The third-order valence-corrected chi connectivity index (χ3v) is 3.58. The van der Waals surface area contributed by atoms with Crippen molar-refractivity contribution in [2.75, 3.05) is 39.1 Å². The molecule has 2 aromatic rings. The zero-order valence-electron chi connectivity index (χ0n) is 14.0. The van der Waals surface area contributed by atoms with Crippen LogP contribution < -0.4 is 10.2 Å². The fourth-order valence-electron chi connectivity index (χ4n) is 2.21. The lowest BCUT2D eigenvalue weighted by Crippen LogP contribution is -2.34. The molecule has 130 valence electrons. The highest BCUT2D eigenvalue weighted by molar-refractivity contribution is 6.08. The first-order chi connectivity index (χ1) is 11.1. The summed E-state index contributed by atoms with van der Waals surface area (Å²) in [6.07, 6.45) is 1.45. The molecule has 1 aromatic carbocycles. The van der Waals surface area contributed by atoms with Crippen LogP contribution in [0.25, 0.3) is 0 Å². The Morgan fingerprint density at radius 3 is 2.42 bits per heavy atom. The molecule has 1 aromatic heterocycles. The van der Waals surface area contributed by atoms with Crippen LogP contribution in [0.1, 0.15) is 20.9 Å². The molecule has 0 aliphatic rings. The molecule has 1 heterocycles. The number of rotatable bonds is 6. The van der Waals surface area contributed by atoms with Crippen molar-refractivity contribution >= 4 is 29.9 Å². The maximum absolute atomic E-state index is 12.6. The molecule has 0 unspecified atom stereocenters. The number of amides is 2. The SMILES string of the molecule is CNCCN(C)C(=O)c1ccccc1N(C)C(=O)c1ccco1.Cl. The second kappa shape index (κ2) is 9.10. The molecule has 0 atom stereocenters. The predicted molar refractivity (Wildman–Crippen MR) is 96.0 cm³/mol. The fraction of sp³-hybridized carbons (Fsp3) is 0.294. The first-order valence-corrected chi connectivity index (χ1v) is 7.37. The summed E-state index contributed by atoms with van der Waals surface area (Å²) < 4.78 is 5.14. The summed E-state index contributed by atoms with van der Waals surface area (Å²) in [6.45, 7) is 1.28. The number of para-hydroxylation sites is 1. The highest BCUT2D eigenvalue weighted by Crippen LogP contribution is 2.22. The number of nitrogens with one attached hydrogen (secondary N) is 1. The van der Waals surface area contributed by atoms with Crippen LogP contribution in [0.5, 0.6) is 0 Å². The van der Waals surface area contributed by atoms with Crippen LogP contribution >= 0.6 is 12.4 Å². The lowest BCUT2D eigenvalue weighted by atomic mass is 10.1. The van der Waals surface area contributed by atoms with Crippen LogP contribution in [0.3, 0.4) is 0 Å². The van der Waals surface area contributed by atoms with Gasteiger partial charge in [-0.15, -0.1) is 12.4 Å². The molecule has 0 bridgehead atoms. The molecule has 24 heavy (non-hydrogen) atoms. The summed E-state index contributed by atoms with van der Waals surface area (Å²) >= 11 is 0. The van der Waals surface area contributed by atoms with Gasteiger partial charge in [0.25, 0.3) is 11.8 Å². The predicted octanol–water partition coefficient (Wildman–Crippen LogP) is 2.27. The third kappa shape index (κ3) is 4.37. The maximum atomic E-state index is 12.6. The minimum Gasteiger partial charge on any atom is -0.459 e. The third-order valence-electron chi connectivity index (χ3n) is 3.58. The normalized spacial score (nSPS) is 9.96. The molecule has 1 N–H and O–H groups in total. The van der Waals surface area contributed by atoms with Crippen molar-refractivity contribution in [1.82, 2.24) is 10.2 Å². The van der Waals surface area contributed by atoms with Crippen molar-refractivity contribution in [2.24, 2.45) is 0 Å². The number of hydrogen-bond donors (Lipinski definition) is 1. The zero-order chi connectivity index (χ0) is 16.8. The van der Waals surface area contributed by atoms with Crippen LogP contribution in [0, 0.1) is 0 Å². The standard InChI is InChI=1S/C17H21N3O3.ClH/c1-18-10-11-19(2)16(21)13-7-4-5-8-14(13)20(3)17(22)15-9-6-12-23-15;/h4-9,12,18H,10-11H2,1-3H3;1H. The average molecular weight is 352 g/mol. The summed E-state index contributed by atoms with van der Waals surface area (Å²) in [5, 5.41) is 3.01. The molecule has 6 nitrogen and oxygen atoms in total. The Kier molecular flexibility index (Phi) is 7.48. The number of nitrogens with zero attached hydrogens (tertiary/aromatic N) is 2. The number of carbonyl (C=O) groups excluding carboxylic acids is 2. The van der Waals surface area contributed by atoms with E-state index >= 15 is 0 Å². The van der Waals surface area contributed by atoms with E-state index in [9.17, 15) is 9.59 Å². The largest absolute Gasteiger partial charge is 0.459 e. The number of furan rings is 1. The smallest absolute Gasteiger partial charge is 0.293 e. The Hall–Kier alpha value is -2.31. The summed E-state index contributed by atoms with van der Waals surface area (Å²) in [7, 11) is 5.21. The fourth-order valence-corrected chi connectivity index (χ4v) is 2.21. The molecule has 7 heteroatoms. The Bertz CT molecular complexity index is 673. The maximum Gasteiger partial charge on any atom is 0.293 e. The Balaban J connectivity index is 0.00000288. The highest BCUT2D eigenvalue weighted by atomic mass is 35.5. The lowest BCUT2D eigenvalue weighted by molar-refractivity contribution is 0.0797. The molecule has 0 aliphatic carbocycles. The van der Waals surface area contributed by atoms with Crippen LogP contribution in [0.4, 0.5) is 5.69 Å². The Morgan fingerprint density at radius 1 is 1.08 bits per heavy atom. The van der Waals surface area contributed by atoms with Crippen molar-refractivity contribution in [3.05, 3.63) is 54.0 Å². The summed E-state index contributed by atoms with van der Waals surface area (Å²) in [5.74, 6) is -0.193. The van der Waals surface area contributed by atoms with E-state index in [0.29, 0.717) is 24.3 Å². The minimum atomic E-state index is -0.298. The number of anilines is 1.